The Morgan fingerprint density at radius 3 is 2.50 bits per heavy atom. The van der Waals surface area contributed by atoms with Gasteiger partial charge in [0.15, 0.2) is 0 Å². The van der Waals surface area contributed by atoms with Crippen LogP contribution in [0.1, 0.15) is 6.42 Å². The van der Waals surface area contributed by atoms with Crippen molar-refractivity contribution in [2.75, 3.05) is 27.2 Å². The fourth-order valence-corrected chi connectivity index (χ4v) is 3.02. The van der Waals surface area contributed by atoms with Crippen molar-refractivity contribution in [3.05, 3.63) is 0 Å². The second-order valence-corrected chi connectivity index (χ2v) is 6.04. The molecule has 0 aliphatic carbocycles. The van der Waals surface area contributed by atoms with Crippen LogP contribution in [0.2, 0.25) is 0 Å². The molecule has 0 bridgehead atoms. The number of hydrogen-bond donors (Lipinski definition) is 1. The Balaban J connectivity index is 2.85. The summed E-state index contributed by atoms with van der Waals surface area (Å²) in [4.78, 5) is 1.71. The number of aliphatic hydroxyl groups excluding tert-OH is 1. The second kappa shape index (κ2) is 4.91. The summed E-state index contributed by atoms with van der Waals surface area (Å²) in [5.41, 5.74) is 0. The predicted molar refractivity (Wildman–Crippen MR) is 54.6 cm³/mol. The van der Waals surface area contributed by atoms with Crippen LogP contribution in [0.5, 0.6) is 0 Å². The van der Waals surface area contributed by atoms with Gasteiger partial charge in [-0.05, 0) is 20.5 Å². The number of alkyl halides is 2. The molecule has 16 heavy (non-hydrogen) atoms. The second-order valence-electron chi connectivity index (χ2n) is 4.18. The third-order valence-corrected chi connectivity index (χ3v) is 4.02. The van der Waals surface area contributed by atoms with Crippen LogP contribution >= 0.6 is 0 Å². The van der Waals surface area contributed by atoms with Crippen LogP contribution in [0.15, 0.2) is 0 Å². The number of likely N-dealkylation sites (N-methyl/N-ethyl adjacent to an activating group) is 1. The minimum Gasteiger partial charge on any atom is -0.392 e. The summed E-state index contributed by atoms with van der Waals surface area (Å²) in [7, 11) is -1.15. The van der Waals surface area contributed by atoms with Gasteiger partial charge in [0, 0.05) is 19.1 Å². The first-order chi connectivity index (χ1) is 7.25. The minimum absolute atomic E-state index is 0.199. The molecule has 1 heterocycles. The Kier molecular flexibility index (Phi) is 4.22. The summed E-state index contributed by atoms with van der Waals surface area (Å²) in [6.45, 7) is 0.0776. The van der Waals surface area contributed by atoms with Crippen LogP contribution in [-0.4, -0.2) is 67.8 Å². The van der Waals surface area contributed by atoms with Crippen molar-refractivity contribution in [3.8, 4) is 0 Å². The minimum atomic E-state index is -4.59. The molecule has 8 heteroatoms. The van der Waals surface area contributed by atoms with Crippen LogP contribution in [-0.2, 0) is 10.0 Å². The van der Waals surface area contributed by atoms with Crippen LogP contribution in [0.25, 0.3) is 0 Å². The highest BCUT2D eigenvalue weighted by atomic mass is 32.2. The molecule has 0 radical (unpaired) electrons. The molecule has 0 spiro atoms. The predicted octanol–water partition coefficient (Wildman–Crippen LogP) is -0.464. The SMILES string of the molecule is CN(C)CC1CC(O)CN1S(=O)(=O)C(F)F. The lowest BCUT2D eigenvalue weighted by Gasteiger charge is -2.25. The fourth-order valence-electron chi connectivity index (χ4n) is 1.86. The summed E-state index contributed by atoms with van der Waals surface area (Å²) < 4.78 is 48.1. The van der Waals surface area contributed by atoms with E-state index in [1.165, 1.54) is 0 Å². The summed E-state index contributed by atoms with van der Waals surface area (Å²) >= 11 is 0. The van der Waals surface area contributed by atoms with Gasteiger partial charge in [0.1, 0.15) is 0 Å². The van der Waals surface area contributed by atoms with Crippen molar-refractivity contribution < 1.29 is 22.3 Å². The van der Waals surface area contributed by atoms with E-state index in [-0.39, 0.29) is 13.0 Å². The molecule has 2 atom stereocenters. The molecule has 2 unspecified atom stereocenters. The molecule has 1 saturated heterocycles. The van der Waals surface area contributed by atoms with E-state index in [1.807, 2.05) is 0 Å². The Hall–Kier alpha value is -0.310. The number of β-amino-alcohol motifs (C(OH)–C–C–N with tert-alkyl or cyclic N) is 1. The number of rotatable bonds is 4. The van der Waals surface area contributed by atoms with Crippen LogP contribution in [0.4, 0.5) is 8.78 Å². The summed E-state index contributed by atoms with van der Waals surface area (Å²) in [6.07, 6.45) is -0.664. The van der Waals surface area contributed by atoms with Crippen molar-refractivity contribution in [2.24, 2.45) is 0 Å². The van der Waals surface area contributed by atoms with Gasteiger partial charge < -0.3 is 10.0 Å². The lowest BCUT2D eigenvalue weighted by molar-refractivity contribution is 0.184. The fraction of sp³-hybridized carbons (Fsp3) is 1.00. The van der Waals surface area contributed by atoms with E-state index in [0.717, 1.165) is 0 Å². The zero-order valence-corrected chi connectivity index (χ0v) is 9.99. The van der Waals surface area contributed by atoms with E-state index < -0.39 is 27.9 Å². The number of nitrogens with zero attached hydrogens (tertiary/aromatic N) is 2. The molecule has 0 amide bonds. The Labute approximate surface area is 93.7 Å². The third-order valence-electron chi connectivity index (χ3n) is 2.47. The lowest BCUT2D eigenvalue weighted by atomic mass is 10.2. The zero-order valence-electron chi connectivity index (χ0n) is 9.18. The molecule has 1 fully saturated rings. The molecule has 0 aromatic rings. The molecule has 96 valence electrons. The Morgan fingerprint density at radius 1 is 1.50 bits per heavy atom. The van der Waals surface area contributed by atoms with E-state index in [4.69, 9.17) is 0 Å². The number of halogens is 2. The monoisotopic (exact) mass is 258 g/mol. The maximum atomic E-state index is 12.4. The van der Waals surface area contributed by atoms with Crippen LogP contribution < -0.4 is 0 Å². The lowest BCUT2D eigenvalue weighted by Crippen LogP contribution is -2.43. The van der Waals surface area contributed by atoms with Gasteiger partial charge in [0.05, 0.1) is 6.10 Å². The van der Waals surface area contributed by atoms with Gasteiger partial charge in [0.25, 0.3) is 10.0 Å². The molecule has 1 N–H and O–H groups in total. The van der Waals surface area contributed by atoms with Gasteiger partial charge >= 0.3 is 5.76 Å². The molecular weight excluding hydrogens is 242 g/mol. The summed E-state index contributed by atoms with van der Waals surface area (Å²) in [5, 5.41) is 9.36. The molecule has 1 aliphatic rings. The van der Waals surface area contributed by atoms with Gasteiger partial charge in [0.2, 0.25) is 0 Å². The largest absolute Gasteiger partial charge is 0.392 e. The smallest absolute Gasteiger partial charge is 0.350 e. The highest BCUT2D eigenvalue weighted by Crippen LogP contribution is 2.25. The molecule has 1 rings (SSSR count). The van der Waals surface area contributed by atoms with Crippen molar-refractivity contribution in [1.82, 2.24) is 9.21 Å². The first-order valence-electron chi connectivity index (χ1n) is 4.86. The number of sulfonamides is 1. The van der Waals surface area contributed by atoms with E-state index in [2.05, 4.69) is 0 Å². The van der Waals surface area contributed by atoms with Crippen molar-refractivity contribution in [1.29, 1.82) is 0 Å². The molecule has 0 saturated carbocycles. The van der Waals surface area contributed by atoms with E-state index >= 15 is 0 Å². The standard InChI is InChI=1S/C8H16F2N2O3S/c1-11(2)4-6-3-7(13)5-12(6)16(14,15)8(9)10/h6-8,13H,3-5H2,1-2H3. The van der Waals surface area contributed by atoms with Gasteiger partial charge in [-0.25, -0.2) is 8.42 Å². The molecule has 1 aliphatic heterocycles. The van der Waals surface area contributed by atoms with Crippen molar-refractivity contribution in [3.63, 3.8) is 0 Å². The van der Waals surface area contributed by atoms with E-state index in [0.29, 0.717) is 10.8 Å². The van der Waals surface area contributed by atoms with E-state index in [9.17, 15) is 22.3 Å². The van der Waals surface area contributed by atoms with Crippen molar-refractivity contribution in [2.45, 2.75) is 24.3 Å². The topological polar surface area (TPSA) is 60.9 Å². The van der Waals surface area contributed by atoms with Crippen molar-refractivity contribution >= 4 is 10.0 Å². The average Bonchev–Trinajstić information content (AvgIpc) is 2.45. The maximum absolute atomic E-state index is 12.4. The first kappa shape index (κ1) is 13.8. The van der Waals surface area contributed by atoms with E-state index in [1.54, 1.807) is 19.0 Å². The maximum Gasteiger partial charge on any atom is 0.350 e. The van der Waals surface area contributed by atoms with Gasteiger partial charge in [-0.15, -0.1) is 0 Å². The Morgan fingerprint density at radius 2 is 2.06 bits per heavy atom. The summed E-state index contributed by atoms with van der Waals surface area (Å²) in [6, 6.07) is -0.580. The van der Waals surface area contributed by atoms with Gasteiger partial charge in [-0.3, -0.25) is 0 Å². The normalized spacial score (nSPS) is 28.2. The first-order valence-corrected chi connectivity index (χ1v) is 6.37. The van der Waals surface area contributed by atoms with Crippen LogP contribution in [0, 0.1) is 0 Å². The number of hydrogen-bond acceptors (Lipinski definition) is 4. The number of aliphatic hydroxyl groups is 1. The quantitative estimate of drug-likeness (QED) is 0.741. The highest BCUT2D eigenvalue weighted by Gasteiger charge is 2.43. The zero-order chi connectivity index (χ0) is 12.5. The van der Waals surface area contributed by atoms with Gasteiger partial charge in [-0.1, -0.05) is 0 Å². The average molecular weight is 258 g/mol. The Bertz CT molecular complexity index is 334. The molecule has 0 aromatic heterocycles. The van der Waals surface area contributed by atoms with Crippen LogP contribution in [0.3, 0.4) is 0 Å². The highest BCUT2D eigenvalue weighted by molar-refractivity contribution is 7.89. The summed E-state index contributed by atoms with van der Waals surface area (Å²) in [5.74, 6) is -3.43. The third kappa shape index (κ3) is 2.88. The molecule has 0 aromatic carbocycles. The molecular formula is C8H16F2N2O3S. The molecule has 5 nitrogen and oxygen atoms in total. The van der Waals surface area contributed by atoms with Gasteiger partial charge in [-0.2, -0.15) is 13.1 Å².